The van der Waals surface area contributed by atoms with Gasteiger partial charge in [0.25, 0.3) is 5.91 Å². The summed E-state index contributed by atoms with van der Waals surface area (Å²) in [6.45, 7) is 9.73. The van der Waals surface area contributed by atoms with Crippen molar-refractivity contribution in [3.63, 3.8) is 0 Å². The van der Waals surface area contributed by atoms with E-state index in [1.807, 2.05) is 60.4 Å². The Bertz CT molecular complexity index is 1080. The molecule has 4 rings (SSSR count). The first-order valence-corrected chi connectivity index (χ1v) is 10.8. The van der Waals surface area contributed by atoms with Gasteiger partial charge in [-0.1, -0.05) is 30.3 Å². The van der Waals surface area contributed by atoms with Gasteiger partial charge in [0.2, 0.25) is 0 Å². The van der Waals surface area contributed by atoms with Gasteiger partial charge < -0.3 is 14.6 Å². The molecule has 162 valence electrons. The third kappa shape index (κ3) is 4.49. The van der Waals surface area contributed by atoms with Crippen LogP contribution in [0.3, 0.4) is 0 Å². The number of hydrogen-bond acceptors (Lipinski definition) is 4. The summed E-state index contributed by atoms with van der Waals surface area (Å²) in [6, 6.07) is 15.7. The summed E-state index contributed by atoms with van der Waals surface area (Å²) in [4.78, 5) is 33.1. The number of fused-ring (bicyclic) bond motifs is 1. The van der Waals surface area contributed by atoms with Crippen LogP contribution in [0.1, 0.15) is 45.8 Å². The highest BCUT2D eigenvalue weighted by Gasteiger charge is 2.24. The monoisotopic (exact) mass is 419 g/mol. The molecular formula is C25H29N3O3. The number of amides is 1. The number of esters is 1. The zero-order valence-electron chi connectivity index (χ0n) is 18.4. The van der Waals surface area contributed by atoms with Crippen molar-refractivity contribution in [2.75, 3.05) is 26.2 Å². The molecule has 0 aliphatic carbocycles. The predicted molar refractivity (Wildman–Crippen MR) is 121 cm³/mol. The number of aromatic nitrogens is 1. The van der Waals surface area contributed by atoms with Crippen LogP contribution in [0.15, 0.2) is 48.5 Å². The molecule has 0 radical (unpaired) electrons. The van der Waals surface area contributed by atoms with Gasteiger partial charge >= 0.3 is 5.97 Å². The molecule has 2 aromatic carbocycles. The molecule has 6 nitrogen and oxygen atoms in total. The first kappa shape index (κ1) is 21.1. The molecule has 1 N–H and O–H groups in total. The molecule has 0 unspecified atom stereocenters. The minimum absolute atomic E-state index is 0.0408. The lowest BCUT2D eigenvalue weighted by Gasteiger charge is -2.37. The highest BCUT2D eigenvalue weighted by Crippen LogP contribution is 2.25. The molecule has 0 bridgehead atoms. The summed E-state index contributed by atoms with van der Waals surface area (Å²) in [5, 5.41) is 0.873. The van der Waals surface area contributed by atoms with Gasteiger partial charge in [-0.05, 0) is 50.1 Å². The van der Waals surface area contributed by atoms with Crippen molar-refractivity contribution < 1.29 is 14.3 Å². The van der Waals surface area contributed by atoms with Crippen LogP contribution in [0, 0.1) is 6.92 Å². The van der Waals surface area contributed by atoms with Gasteiger partial charge in [0.15, 0.2) is 0 Å². The Morgan fingerprint density at radius 1 is 1.03 bits per heavy atom. The number of aryl methyl sites for hydroxylation is 1. The molecule has 0 spiro atoms. The number of carbonyl (C=O) groups is 2. The second kappa shape index (κ2) is 8.94. The second-order valence-electron chi connectivity index (χ2n) is 8.37. The molecule has 1 saturated heterocycles. The van der Waals surface area contributed by atoms with Crippen molar-refractivity contribution in [1.29, 1.82) is 0 Å². The van der Waals surface area contributed by atoms with E-state index in [0.29, 0.717) is 17.3 Å². The standard InChI is InChI=1S/C25H29N3O3/c1-17(2)27-11-13-28(14-12-27)24(29)20-9-10-22-21(15-20)18(3)23(26-22)25(30)31-16-19-7-5-4-6-8-19/h4-10,15,17,26H,11-14,16H2,1-3H3. The molecule has 0 atom stereocenters. The summed E-state index contributed by atoms with van der Waals surface area (Å²) >= 11 is 0. The van der Waals surface area contributed by atoms with Crippen molar-refractivity contribution in [2.24, 2.45) is 0 Å². The van der Waals surface area contributed by atoms with E-state index in [4.69, 9.17) is 4.74 Å². The molecule has 1 amide bonds. The van der Waals surface area contributed by atoms with Gasteiger partial charge in [-0.3, -0.25) is 9.69 Å². The zero-order valence-corrected chi connectivity index (χ0v) is 18.4. The topological polar surface area (TPSA) is 65.6 Å². The lowest BCUT2D eigenvalue weighted by atomic mass is 10.1. The Kier molecular flexibility index (Phi) is 6.09. The third-order valence-corrected chi connectivity index (χ3v) is 6.05. The fraction of sp³-hybridized carbons (Fsp3) is 0.360. The van der Waals surface area contributed by atoms with Gasteiger partial charge in [-0.2, -0.15) is 0 Å². The van der Waals surface area contributed by atoms with Crippen molar-refractivity contribution in [3.8, 4) is 0 Å². The lowest BCUT2D eigenvalue weighted by molar-refractivity contribution is 0.0465. The number of nitrogens with one attached hydrogen (secondary N) is 1. The number of nitrogens with zero attached hydrogens (tertiary/aromatic N) is 2. The predicted octanol–water partition coefficient (Wildman–Crippen LogP) is 4.00. The van der Waals surface area contributed by atoms with Crippen LogP contribution in [0.2, 0.25) is 0 Å². The first-order chi connectivity index (χ1) is 14.9. The maximum Gasteiger partial charge on any atom is 0.355 e. The van der Waals surface area contributed by atoms with Crippen LogP contribution >= 0.6 is 0 Å². The van der Waals surface area contributed by atoms with E-state index in [1.54, 1.807) is 0 Å². The van der Waals surface area contributed by atoms with Crippen LogP contribution in [-0.2, 0) is 11.3 Å². The number of carbonyl (C=O) groups excluding carboxylic acids is 2. The molecule has 1 aliphatic heterocycles. The molecule has 1 aliphatic rings. The van der Waals surface area contributed by atoms with E-state index in [-0.39, 0.29) is 12.5 Å². The van der Waals surface area contributed by atoms with Crippen LogP contribution < -0.4 is 0 Å². The molecule has 1 aromatic heterocycles. The Balaban J connectivity index is 1.49. The Morgan fingerprint density at radius 2 is 1.74 bits per heavy atom. The smallest absolute Gasteiger partial charge is 0.355 e. The largest absolute Gasteiger partial charge is 0.456 e. The van der Waals surface area contributed by atoms with Gasteiger partial charge in [-0.15, -0.1) is 0 Å². The van der Waals surface area contributed by atoms with Crippen molar-refractivity contribution >= 4 is 22.8 Å². The number of ether oxygens (including phenoxy) is 1. The quantitative estimate of drug-likeness (QED) is 0.635. The number of hydrogen-bond donors (Lipinski definition) is 1. The third-order valence-electron chi connectivity index (χ3n) is 6.05. The Labute approximate surface area is 182 Å². The number of benzene rings is 2. The maximum atomic E-state index is 13.0. The molecule has 2 heterocycles. The van der Waals surface area contributed by atoms with Crippen LogP contribution in [-0.4, -0.2) is 58.9 Å². The number of H-pyrrole nitrogens is 1. The second-order valence-corrected chi connectivity index (χ2v) is 8.37. The zero-order chi connectivity index (χ0) is 22.0. The van der Waals surface area contributed by atoms with Crippen LogP contribution in [0.5, 0.6) is 0 Å². The lowest BCUT2D eigenvalue weighted by Crippen LogP contribution is -2.50. The molecule has 1 fully saturated rings. The highest BCUT2D eigenvalue weighted by molar-refractivity contribution is 6.02. The number of piperazine rings is 1. The normalized spacial score (nSPS) is 14.9. The SMILES string of the molecule is Cc1c(C(=O)OCc2ccccc2)[nH]c2ccc(C(=O)N3CCN(C(C)C)CC3)cc12. The highest BCUT2D eigenvalue weighted by atomic mass is 16.5. The van der Waals surface area contributed by atoms with Crippen molar-refractivity contribution in [1.82, 2.24) is 14.8 Å². The van der Waals surface area contributed by atoms with Gasteiger partial charge in [-0.25, -0.2) is 4.79 Å². The molecule has 31 heavy (non-hydrogen) atoms. The summed E-state index contributed by atoms with van der Waals surface area (Å²) in [6.07, 6.45) is 0. The van der Waals surface area contributed by atoms with E-state index in [0.717, 1.165) is 48.2 Å². The molecular weight excluding hydrogens is 390 g/mol. The molecule has 0 saturated carbocycles. The Hall–Kier alpha value is -3.12. The minimum atomic E-state index is -0.393. The summed E-state index contributed by atoms with van der Waals surface area (Å²) in [5.74, 6) is -0.352. The van der Waals surface area contributed by atoms with Gasteiger partial charge in [0, 0.05) is 48.7 Å². The summed E-state index contributed by atoms with van der Waals surface area (Å²) in [5.41, 5.74) is 3.64. The van der Waals surface area contributed by atoms with E-state index in [1.165, 1.54) is 0 Å². The first-order valence-electron chi connectivity index (χ1n) is 10.8. The average Bonchev–Trinajstić information content (AvgIpc) is 3.13. The van der Waals surface area contributed by atoms with E-state index in [2.05, 4.69) is 23.7 Å². The Morgan fingerprint density at radius 3 is 2.42 bits per heavy atom. The summed E-state index contributed by atoms with van der Waals surface area (Å²) < 4.78 is 5.48. The van der Waals surface area contributed by atoms with E-state index >= 15 is 0 Å². The van der Waals surface area contributed by atoms with Crippen LogP contribution in [0.25, 0.3) is 10.9 Å². The average molecular weight is 420 g/mol. The van der Waals surface area contributed by atoms with Crippen molar-refractivity contribution in [3.05, 3.63) is 70.9 Å². The van der Waals surface area contributed by atoms with Gasteiger partial charge in [0.05, 0.1) is 0 Å². The number of rotatable bonds is 5. The van der Waals surface area contributed by atoms with Crippen molar-refractivity contribution in [2.45, 2.75) is 33.4 Å². The summed E-state index contributed by atoms with van der Waals surface area (Å²) in [7, 11) is 0. The minimum Gasteiger partial charge on any atom is -0.456 e. The fourth-order valence-corrected chi connectivity index (χ4v) is 4.08. The van der Waals surface area contributed by atoms with Crippen LogP contribution in [0.4, 0.5) is 0 Å². The molecule has 3 aromatic rings. The van der Waals surface area contributed by atoms with Gasteiger partial charge in [0.1, 0.15) is 12.3 Å². The molecule has 6 heteroatoms. The fourth-order valence-electron chi connectivity index (χ4n) is 4.08. The van der Waals surface area contributed by atoms with E-state index < -0.39 is 5.97 Å². The maximum absolute atomic E-state index is 13.0. The van der Waals surface area contributed by atoms with E-state index in [9.17, 15) is 9.59 Å². The number of aromatic amines is 1.